The number of thiophene rings is 1. The SMILES string of the molecule is CCN(Cc1ccc(N(C)C)cc1)Cc1nc2sc(C(=O)OC)c(C)c2c(=O)[nH]1. The van der Waals surface area contributed by atoms with Gasteiger partial charge in [-0.15, -0.1) is 11.3 Å². The third-order valence-corrected chi connectivity index (χ3v) is 6.07. The standard InChI is InChI=1S/C21H26N4O3S/c1-6-25(11-14-7-9-15(10-8-14)24(3)4)12-16-22-19(26)17-13(2)18(21(27)28-5)29-20(17)23-16/h7-10H,6,11-12H2,1-5H3,(H,22,23,26). The Kier molecular flexibility index (Phi) is 6.34. The number of fused-ring (bicyclic) bond motifs is 1. The van der Waals surface area contributed by atoms with Gasteiger partial charge in [-0.2, -0.15) is 0 Å². The number of hydrogen-bond donors (Lipinski definition) is 1. The Bertz CT molecular complexity index is 1070. The smallest absolute Gasteiger partial charge is 0.348 e. The van der Waals surface area contributed by atoms with E-state index in [9.17, 15) is 9.59 Å². The zero-order valence-electron chi connectivity index (χ0n) is 17.4. The fourth-order valence-corrected chi connectivity index (χ4v) is 4.32. The zero-order chi connectivity index (χ0) is 21.1. The minimum atomic E-state index is -0.442. The highest BCUT2D eigenvalue weighted by atomic mass is 32.1. The molecular weight excluding hydrogens is 388 g/mol. The first-order valence-corrected chi connectivity index (χ1v) is 10.2. The van der Waals surface area contributed by atoms with Gasteiger partial charge >= 0.3 is 5.97 Å². The molecule has 8 heteroatoms. The van der Waals surface area contributed by atoms with Crippen molar-refractivity contribution in [2.45, 2.75) is 26.9 Å². The summed E-state index contributed by atoms with van der Waals surface area (Å²) < 4.78 is 4.81. The fourth-order valence-electron chi connectivity index (χ4n) is 3.20. The molecule has 154 valence electrons. The average Bonchev–Trinajstić information content (AvgIpc) is 3.04. The van der Waals surface area contributed by atoms with E-state index in [0.717, 1.165) is 18.8 Å². The van der Waals surface area contributed by atoms with Crippen LogP contribution in [0, 0.1) is 6.92 Å². The maximum atomic E-state index is 12.6. The van der Waals surface area contributed by atoms with Crippen molar-refractivity contribution in [2.24, 2.45) is 0 Å². The van der Waals surface area contributed by atoms with E-state index < -0.39 is 5.97 Å². The van der Waals surface area contributed by atoms with E-state index in [4.69, 9.17) is 4.74 Å². The summed E-state index contributed by atoms with van der Waals surface area (Å²) in [5, 5.41) is 0.460. The van der Waals surface area contributed by atoms with Crippen LogP contribution in [0.15, 0.2) is 29.1 Å². The molecule has 0 aliphatic rings. The summed E-state index contributed by atoms with van der Waals surface area (Å²) in [5.41, 5.74) is 2.74. The maximum Gasteiger partial charge on any atom is 0.348 e. The lowest BCUT2D eigenvalue weighted by Gasteiger charge is -2.20. The minimum Gasteiger partial charge on any atom is -0.465 e. The van der Waals surface area contributed by atoms with Crippen LogP contribution in [0.25, 0.3) is 10.2 Å². The normalized spacial score (nSPS) is 11.2. The Morgan fingerprint density at radius 1 is 1.21 bits per heavy atom. The molecule has 0 radical (unpaired) electrons. The van der Waals surface area contributed by atoms with Crippen LogP contribution in [0.2, 0.25) is 0 Å². The first-order chi connectivity index (χ1) is 13.8. The molecule has 29 heavy (non-hydrogen) atoms. The lowest BCUT2D eigenvalue weighted by atomic mass is 10.2. The number of hydrogen-bond acceptors (Lipinski definition) is 7. The summed E-state index contributed by atoms with van der Waals surface area (Å²) in [6.45, 7) is 5.91. The molecule has 3 rings (SSSR count). The van der Waals surface area contributed by atoms with Gasteiger partial charge in [-0.1, -0.05) is 19.1 Å². The molecule has 0 spiro atoms. The second kappa shape index (κ2) is 8.75. The second-order valence-electron chi connectivity index (χ2n) is 7.10. The van der Waals surface area contributed by atoms with Crippen molar-refractivity contribution in [2.75, 3.05) is 32.6 Å². The van der Waals surface area contributed by atoms with Crippen molar-refractivity contribution < 1.29 is 9.53 Å². The highest BCUT2D eigenvalue weighted by Crippen LogP contribution is 2.27. The molecule has 1 N–H and O–H groups in total. The van der Waals surface area contributed by atoms with Crippen molar-refractivity contribution in [1.82, 2.24) is 14.9 Å². The number of esters is 1. The summed E-state index contributed by atoms with van der Waals surface area (Å²) in [6.07, 6.45) is 0. The van der Waals surface area contributed by atoms with Gasteiger partial charge in [0, 0.05) is 26.3 Å². The third-order valence-electron chi connectivity index (χ3n) is 4.90. The number of rotatable bonds is 7. The first-order valence-electron chi connectivity index (χ1n) is 9.43. The number of anilines is 1. The van der Waals surface area contributed by atoms with E-state index in [2.05, 4.69) is 51.0 Å². The molecular formula is C21H26N4O3S. The number of aromatic nitrogens is 2. The molecule has 0 unspecified atom stereocenters. The molecule has 2 aromatic heterocycles. The summed E-state index contributed by atoms with van der Waals surface area (Å²) in [5.74, 6) is 0.148. The zero-order valence-corrected chi connectivity index (χ0v) is 18.2. The first kappa shape index (κ1) is 21.0. The molecule has 0 fully saturated rings. The van der Waals surface area contributed by atoms with Gasteiger partial charge in [0.05, 0.1) is 19.0 Å². The highest BCUT2D eigenvalue weighted by molar-refractivity contribution is 7.20. The predicted molar refractivity (Wildman–Crippen MR) is 117 cm³/mol. The maximum absolute atomic E-state index is 12.6. The monoisotopic (exact) mass is 414 g/mol. The molecule has 0 atom stereocenters. The number of aromatic amines is 1. The Hall–Kier alpha value is -2.71. The van der Waals surface area contributed by atoms with Gasteiger partial charge in [-0.05, 0) is 36.7 Å². The van der Waals surface area contributed by atoms with Crippen molar-refractivity contribution in [3.8, 4) is 0 Å². The summed E-state index contributed by atoms with van der Waals surface area (Å²) in [7, 11) is 5.37. The van der Waals surface area contributed by atoms with Crippen molar-refractivity contribution in [1.29, 1.82) is 0 Å². The van der Waals surface area contributed by atoms with Crippen molar-refractivity contribution in [3.63, 3.8) is 0 Å². The summed E-state index contributed by atoms with van der Waals surface area (Å²) in [4.78, 5) is 37.3. The molecule has 3 aromatic rings. The van der Waals surface area contributed by atoms with Gasteiger partial charge in [0.1, 0.15) is 15.5 Å². The second-order valence-corrected chi connectivity index (χ2v) is 8.10. The number of ether oxygens (including phenoxy) is 1. The van der Waals surface area contributed by atoms with E-state index in [1.807, 2.05) is 14.1 Å². The summed E-state index contributed by atoms with van der Waals surface area (Å²) >= 11 is 1.20. The molecule has 7 nitrogen and oxygen atoms in total. The van der Waals surface area contributed by atoms with E-state index in [-0.39, 0.29) is 5.56 Å². The van der Waals surface area contributed by atoms with Gasteiger partial charge in [0.2, 0.25) is 0 Å². The molecule has 0 amide bonds. The number of aryl methyl sites for hydroxylation is 1. The van der Waals surface area contributed by atoms with Gasteiger partial charge in [0.25, 0.3) is 5.56 Å². The third kappa shape index (κ3) is 4.49. The Morgan fingerprint density at radius 3 is 2.48 bits per heavy atom. The molecule has 0 aliphatic carbocycles. The number of benzene rings is 1. The number of nitrogens with zero attached hydrogens (tertiary/aromatic N) is 3. The minimum absolute atomic E-state index is 0.222. The van der Waals surface area contributed by atoms with Crippen LogP contribution >= 0.6 is 11.3 Å². The largest absolute Gasteiger partial charge is 0.465 e. The van der Waals surface area contributed by atoms with Gasteiger partial charge in [-0.25, -0.2) is 9.78 Å². The summed E-state index contributed by atoms with van der Waals surface area (Å²) in [6, 6.07) is 8.42. The number of nitrogens with one attached hydrogen (secondary N) is 1. The number of methoxy groups -OCH3 is 1. The van der Waals surface area contributed by atoms with Crippen LogP contribution in [-0.4, -0.2) is 48.6 Å². The van der Waals surface area contributed by atoms with Crippen LogP contribution < -0.4 is 10.5 Å². The van der Waals surface area contributed by atoms with Crippen LogP contribution in [0.1, 0.15) is 33.5 Å². The van der Waals surface area contributed by atoms with Crippen molar-refractivity contribution >= 4 is 33.2 Å². The molecule has 0 saturated carbocycles. The quantitative estimate of drug-likeness (QED) is 0.599. The number of H-pyrrole nitrogens is 1. The van der Waals surface area contributed by atoms with Crippen LogP contribution in [-0.2, 0) is 17.8 Å². The van der Waals surface area contributed by atoms with Gasteiger partial charge in [-0.3, -0.25) is 9.69 Å². The van der Waals surface area contributed by atoms with Crippen LogP contribution in [0.4, 0.5) is 5.69 Å². The average molecular weight is 415 g/mol. The lowest BCUT2D eigenvalue weighted by molar-refractivity contribution is 0.0605. The predicted octanol–water partition coefficient (Wildman–Crippen LogP) is 3.17. The lowest BCUT2D eigenvalue weighted by Crippen LogP contribution is -2.25. The van der Waals surface area contributed by atoms with Crippen LogP contribution in [0.5, 0.6) is 0 Å². The molecule has 0 aliphatic heterocycles. The molecule has 0 saturated heterocycles. The topological polar surface area (TPSA) is 78.5 Å². The molecule has 1 aromatic carbocycles. The van der Waals surface area contributed by atoms with E-state index >= 15 is 0 Å². The van der Waals surface area contributed by atoms with Crippen molar-refractivity contribution in [3.05, 3.63) is 56.4 Å². The molecule has 0 bridgehead atoms. The Labute approximate surface area is 173 Å². The number of carbonyl (C=O) groups excluding carboxylic acids is 1. The van der Waals surface area contributed by atoms with E-state index in [0.29, 0.717) is 33.0 Å². The Balaban J connectivity index is 1.83. The number of carbonyl (C=O) groups is 1. The Morgan fingerprint density at radius 2 is 1.90 bits per heavy atom. The van der Waals surface area contributed by atoms with Gasteiger partial charge < -0.3 is 14.6 Å². The fraction of sp³-hybridized carbons (Fsp3) is 0.381. The van der Waals surface area contributed by atoms with E-state index in [1.54, 1.807) is 6.92 Å². The van der Waals surface area contributed by atoms with E-state index in [1.165, 1.54) is 24.0 Å². The van der Waals surface area contributed by atoms with Gasteiger partial charge in [0.15, 0.2) is 0 Å². The van der Waals surface area contributed by atoms with Crippen LogP contribution in [0.3, 0.4) is 0 Å². The highest BCUT2D eigenvalue weighted by Gasteiger charge is 2.20. The molecule has 2 heterocycles.